The number of hydrogen-bond acceptors (Lipinski definition) is 4. The minimum Gasteiger partial charge on any atom is -0.490 e. The smallest absolute Gasteiger partial charge is 0.161 e. The molecule has 0 saturated heterocycles. The Hall–Kier alpha value is -2.20. The summed E-state index contributed by atoms with van der Waals surface area (Å²) in [4.78, 5) is 10.8. The minimum absolute atomic E-state index is 0.364. The van der Waals surface area contributed by atoms with Crippen LogP contribution in [0.5, 0.6) is 17.2 Å². The molecule has 0 aliphatic rings. The van der Waals surface area contributed by atoms with Crippen LogP contribution in [-0.2, 0) is 0 Å². The first kappa shape index (κ1) is 16.2. The molecule has 0 N–H and O–H groups in total. The average Bonchev–Trinajstić information content (AvgIpc) is 2.54. The van der Waals surface area contributed by atoms with Crippen LogP contribution in [0.3, 0.4) is 0 Å². The molecule has 0 aliphatic heterocycles. The second-order valence-electron chi connectivity index (χ2n) is 4.41. The maximum Gasteiger partial charge on any atom is 0.161 e. The summed E-state index contributed by atoms with van der Waals surface area (Å²) < 4.78 is 16.7. The molecule has 0 atom stereocenters. The lowest BCUT2D eigenvalue weighted by atomic mass is 10.2. The van der Waals surface area contributed by atoms with Gasteiger partial charge in [-0.05, 0) is 49.4 Å². The Morgan fingerprint density at radius 2 is 1.68 bits per heavy atom. The van der Waals surface area contributed by atoms with Gasteiger partial charge in [-0.25, -0.2) is 0 Å². The second-order valence-corrected chi connectivity index (χ2v) is 4.84. The molecule has 0 heterocycles. The number of carbonyl (C=O) groups excluding carboxylic acids is 1. The zero-order chi connectivity index (χ0) is 15.8. The van der Waals surface area contributed by atoms with Gasteiger partial charge in [0.05, 0.1) is 6.61 Å². The molecular weight excluding hydrogens is 304 g/mol. The lowest BCUT2D eigenvalue weighted by Crippen LogP contribution is -2.10. The summed E-state index contributed by atoms with van der Waals surface area (Å²) in [6, 6.07) is 12.2. The molecule has 2 aromatic rings. The van der Waals surface area contributed by atoms with E-state index in [4.69, 9.17) is 25.8 Å². The fourth-order valence-electron chi connectivity index (χ4n) is 1.83. The van der Waals surface area contributed by atoms with Crippen molar-refractivity contribution in [1.29, 1.82) is 0 Å². The maximum atomic E-state index is 10.8. The number of benzene rings is 2. The minimum atomic E-state index is 0.364. The molecule has 22 heavy (non-hydrogen) atoms. The van der Waals surface area contributed by atoms with Crippen LogP contribution in [-0.4, -0.2) is 26.1 Å². The summed E-state index contributed by atoms with van der Waals surface area (Å²) in [6.45, 7) is 3.13. The van der Waals surface area contributed by atoms with Crippen LogP contribution in [0, 0.1) is 0 Å². The highest BCUT2D eigenvalue weighted by Crippen LogP contribution is 2.28. The third-order valence-corrected chi connectivity index (χ3v) is 3.08. The number of hydrogen-bond donors (Lipinski definition) is 0. The van der Waals surface area contributed by atoms with Crippen molar-refractivity contribution in [1.82, 2.24) is 0 Å². The van der Waals surface area contributed by atoms with E-state index in [1.807, 2.05) is 6.92 Å². The SMILES string of the molecule is CCOc1cc(C=O)ccc1OCCOc1ccc(Cl)cc1. The van der Waals surface area contributed by atoms with Crippen LogP contribution in [0.15, 0.2) is 42.5 Å². The second kappa shape index (κ2) is 8.29. The summed E-state index contributed by atoms with van der Waals surface area (Å²) in [5.74, 6) is 1.88. The monoisotopic (exact) mass is 320 g/mol. The van der Waals surface area contributed by atoms with Crippen molar-refractivity contribution >= 4 is 17.9 Å². The Balaban J connectivity index is 1.88. The number of rotatable bonds is 8. The topological polar surface area (TPSA) is 44.8 Å². The van der Waals surface area contributed by atoms with Crippen molar-refractivity contribution in [3.05, 3.63) is 53.1 Å². The predicted octanol–water partition coefficient (Wildman–Crippen LogP) is 4.01. The Bertz CT molecular complexity index is 611. The van der Waals surface area contributed by atoms with Crippen molar-refractivity contribution in [2.75, 3.05) is 19.8 Å². The molecule has 0 spiro atoms. The van der Waals surface area contributed by atoms with Crippen molar-refractivity contribution in [3.63, 3.8) is 0 Å². The van der Waals surface area contributed by atoms with E-state index >= 15 is 0 Å². The molecule has 2 rings (SSSR count). The highest BCUT2D eigenvalue weighted by atomic mass is 35.5. The largest absolute Gasteiger partial charge is 0.490 e. The van der Waals surface area contributed by atoms with E-state index in [0.717, 1.165) is 12.0 Å². The van der Waals surface area contributed by atoms with Gasteiger partial charge in [0.2, 0.25) is 0 Å². The third-order valence-electron chi connectivity index (χ3n) is 2.83. The first-order valence-electron chi connectivity index (χ1n) is 6.96. The fourth-order valence-corrected chi connectivity index (χ4v) is 1.95. The number of carbonyl (C=O) groups is 1. The summed E-state index contributed by atoms with van der Waals surface area (Å²) in [6.07, 6.45) is 0.774. The lowest BCUT2D eigenvalue weighted by Gasteiger charge is -2.13. The number of aldehydes is 1. The molecule has 0 bridgehead atoms. The van der Waals surface area contributed by atoms with Crippen LogP contribution >= 0.6 is 11.6 Å². The van der Waals surface area contributed by atoms with Gasteiger partial charge in [0, 0.05) is 10.6 Å². The number of ether oxygens (including phenoxy) is 3. The van der Waals surface area contributed by atoms with Gasteiger partial charge in [0.15, 0.2) is 11.5 Å². The Morgan fingerprint density at radius 3 is 2.36 bits per heavy atom. The van der Waals surface area contributed by atoms with E-state index in [9.17, 15) is 4.79 Å². The molecule has 0 saturated carbocycles. The molecule has 0 unspecified atom stereocenters. The zero-order valence-corrected chi connectivity index (χ0v) is 13.0. The molecule has 0 fully saturated rings. The molecule has 2 aromatic carbocycles. The summed E-state index contributed by atoms with van der Waals surface area (Å²) in [7, 11) is 0. The van der Waals surface area contributed by atoms with Gasteiger partial charge in [-0.2, -0.15) is 0 Å². The van der Waals surface area contributed by atoms with Crippen LogP contribution in [0.2, 0.25) is 5.02 Å². The molecule has 4 nitrogen and oxygen atoms in total. The highest BCUT2D eigenvalue weighted by molar-refractivity contribution is 6.30. The van der Waals surface area contributed by atoms with Gasteiger partial charge < -0.3 is 14.2 Å². The fraction of sp³-hybridized carbons (Fsp3) is 0.235. The van der Waals surface area contributed by atoms with Gasteiger partial charge in [-0.1, -0.05) is 11.6 Å². The van der Waals surface area contributed by atoms with E-state index in [0.29, 0.717) is 41.9 Å². The van der Waals surface area contributed by atoms with Crippen molar-refractivity contribution in [3.8, 4) is 17.2 Å². The Labute approximate surface area is 134 Å². The molecular formula is C17H17ClO4. The standard InChI is InChI=1S/C17H17ClO4/c1-2-20-17-11-13(12-19)3-8-16(17)22-10-9-21-15-6-4-14(18)5-7-15/h3-8,11-12H,2,9-10H2,1H3. The first-order valence-corrected chi connectivity index (χ1v) is 7.34. The lowest BCUT2D eigenvalue weighted by molar-refractivity contribution is 0.112. The van der Waals surface area contributed by atoms with E-state index in [1.54, 1.807) is 42.5 Å². The van der Waals surface area contributed by atoms with E-state index in [-0.39, 0.29) is 0 Å². The summed E-state index contributed by atoms with van der Waals surface area (Å²) in [5.41, 5.74) is 0.549. The normalized spacial score (nSPS) is 10.1. The predicted molar refractivity (Wildman–Crippen MR) is 85.4 cm³/mol. The van der Waals surface area contributed by atoms with Crippen molar-refractivity contribution in [2.24, 2.45) is 0 Å². The average molecular weight is 321 g/mol. The summed E-state index contributed by atoms with van der Waals surface area (Å²) in [5, 5.41) is 0.667. The summed E-state index contributed by atoms with van der Waals surface area (Å²) >= 11 is 5.81. The molecule has 116 valence electrons. The first-order chi connectivity index (χ1) is 10.7. The Kier molecular flexibility index (Phi) is 6.10. The van der Waals surface area contributed by atoms with Gasteiger partial charge in [-0.15, -0.1) is 0 Å². The van der Waals surface area contributed by atoms with E-state index in [1.165, 1.54) is 0 Å². The van der Waals surface area contributed by atoms with Crippen molar-refractivity contribution in [2.45, 2.75) is 6.92 Å². The van der Waals surface area contributed by atoms with Crippen LogP contribution < -0.4 is 14.2 Å². The van der Waals surface area contributed by atoms with E-state index < -0.39 is 0 Å². The van der Waals surface area contributed by atoms with E-state index in [2.05, 4.69) is 0 Å². The third kappa shape index (κ3) is 4.67. The van der Waals surface area contributed by atoms with Gasteiger partial charge in [0.1, 0.15) is 25.2 Å². The molecule has 0 aliphatic carbocycles. The van der Waals surface area contributed by atoms with Crippen LogP contribution in [0.1, 0.15) is 17.3 Å². The quantitative estimate of drug-likeness (QED) is 0.544. The number of halogens is 1. The molecule has 0 amide bonds. The van der Waals surface area contributed by atoms with Gasteiger partial charge in [-0.3, -0.25) is 4.79 Å². The maximum absolute atomic E-state index is 10.8. The zero-order valence-electron chi connectivity index (χ0n) is 12.3. The van der Waals surface area contributed by atoms with Gasteiger partial charge >= 0.3 is 0 Å². The van der Waals surface area contributed by atoms with Crippen LogP contribution in [0.4, 0.5) is 0 Å². The molecule has 0 aromatic heterocycles. The van der Waals surface area contributed by atoms with Crippen LogP contribution in [0.25, 0.3) is 0 Å². The Morgan fingerprint density at radius 1 is 0.955 bits per heavy atom. The van der Waals surface area contributed by atoms with Crippen molar-refractivity contribution < 1.29 is 19.0 Å². The molecule has 0 radical (unpaired) electrons. The molecule has 5 heteroatoms. The highest BCUT2D eigenvalue weighted by Gasteiger charge is 2.06. The van der Waals surface area contributed by atoms with Gasteiger partial charge in [0.25, 0.3) is 0 Å².